The average molecular weight is 381 g/mol. The Morgan fingerprint density at radius 3 is 2.82 bits per heavy atom. The number of carbonyl (C=O) groups is 2. The molecule has 2 heterocycles. The van der Waals surface area contributed by atoms with Crippen molar-refractivity contribution in [3.05, 3.63) is 53.6 Å². The Kier molecular flexibility index (Phi) is 5.19. The lowest BCUT2D eigenvalue weighted by Crippen LogP contribution is -2.28. The van der Waals surface area contributed by atoms with E-state index in [1.54, 1.807) is 31.4 Å². The molecule has 28 heavy (non-hydrogen) atoms. The van der Waals surface area contributed by atoms with E-state index in [0.717, 1.165) is 23.5 Å². The van der Waals surface area contributed by atoms with Crippen molar-refractivity contribution in [3.8, 4) is 17.2 Å². The van der Waals surface area contributed by atoms with Gasteiger partial charge in [-0.3, -0.25) is 9.59 Å². The van der Waals surface area contributed by atoms with Gasteiger partial charge in [-0.25, -0.2) is 0 Å². The number of benzene rings is 2. The third kappa shape index (κ3) is 3.81. The molecule has 0 aromatic heterocycles. The van der Waals surface area contributed by atoms with Crippen LogP contribution in [0.4, 0.5) is 0 Å². The number of ketones is 1. The molecule has 0 radical (unpaired) electrons. The molecule has 0 N–H and O–H groups in total. The molecule has 0 spiro atoms. The van der Waals surface area contributed by atoms with Crippen LogP contribution in [0.25, 0.3) is 0 Å². The minimum absolute atomic E-state index is 0.0273. The maximum absolute atomic E-state index is 12.6. The van der Waals surface area contributed by atoms with E-state index in [1.807, 2.05) is 23.1 Å². The second kappa shape index (κ2) is 7.92. The van der Waals surface area contributed by atoms with Gasteiger partial charge in [0.15, 0.2) is 17.3 Å². The molecule has 6 heteroatoms. The maximum Gasteiger partial charge on any atom is 0.231 e. The van der Waals surface area contributed by atoms with Gasteiger partial charge in [-0.05, 0) is 36.2 Å². The van der Waals surface area contributed by atoms with Crippen molar-refractivity contribution in [1.29, 1.82) is 0 Å². The summed E-state index contributed by atoms with van der Waals surface area (Å²) < 4.78 is 16.0. The third-order valence-corrected chi connectivity index (χ3v) is 5.37. The number of fused-ring (bicyclic) bond motifs is 1. The van der Waals surface area contributed by atoms with Gasteiger partial charge in [0.05, 0.1) is 7.11 Å². The number of carbonyl (C=O) groups excluding carboxylic acids is 2. The standard InChI is InChI=1S/C22H23NO5/c1-26-18-4-2-3-16(11-18)19(24)6-8-22(25)23-10-9-17(13-23)15-5-7-20-21(12-15)28-14-27-20/h2-5,7,11-12,17H,6,8-10,13-14H2,1H3. The van der Waals surface area contributed by atoms with E-state index in [1.165, 1.54) is 0 Å². The molecule has 0 aliphatic carbocycles. The Labute approximate surface area is 164 Å². The summed E-state index contributed by atoms with van der Waals surface area (Å²) in [5.41, 5.74) is 1.74. The highest BCUT2D eigenvalue weighted by Gasteiger charge is 2.28. The number of amides is 1. The molecule has 1 amide bonds. The molecule has 1 saturated heterocycles. The molecule has 2 aromatic rings. The molecule has 1 fully saturated rings. The summed E-state index contributed by atoms with van der Waals surface area (Å²) in [4.78, 5) is 26.8. The second-order valence-corrected chi connectivity index (χ2v) is 7.09. The van der Waals surface area contributed by atoms with Gasteiger partial charge >= 0.3 is 0 Å². The predicted molar refractivity (Wildman–Crippen MR) is 103 cm³/mol. The van der Waals surface area contributed by atoms with Crippen molar-refractivity contribution in [3.63, 3.8) is 0 Å². The molecule has 6 nitrogen and oxygen atoms in total. The summed E-state index contributed by atoms with van der Waals surface area (Å²) >= 11 is 0. The van der Waals surface area contributed by atoms with Crippen molar-refractivity contribution in [2.75, 3.05) is 27.0 Å². The van der Waals surface area contributed by atoms with E-state index in [4.69, 9.17) is 14.2 Å². The highest BCUT2D eigenvalue weighted by atomic mass is 16.7. The van der Waals surface area contributed by atoms with Gasteiger partial charge < -0.3 is 19.1 Å². The highest BCUT2D eigenvalue weighted by Crippen LogP contribution is 2.37. The van der Waals surface area contributed by atoms with Crippen molar-refractivity contribution in [2.24, 2.45) is 0 Å². The summed E-state index contributed by atoms with van der Waals surface area (Å²) in [7, 11) is 1.57. The fraction of sp³-hybridized carbons (Fsp3) is 0.364. The van der Waals surface area contributed by atoms with Crippen LogP contribution >= 0.6 is 0 Å². The number of hydrogen-bond donors (Lipinski definition) is 0. The third-order valence-electron chi connectivity index (χ3n) is 5.37. The first-order chi connectivity index (χ1) is 13.6. The van der Waals surface area contributed by atoms with Gasteiger partial charge in [-0.2, -0.15) is 0 Å². The predicted octanol–water partition coefficient (Wildman–Crippen LogP) is 3.40. The Bertz CT molecular complexity index is 894. The molecule has 2 aliphatic rings. The summed E-state index contributed by atoms with van der Waals surface area (Å²) in [5.74, 6) is 2.45. The van der Waals surface area contributed by atoms with Crippen molar-refractivity contribution >= 4 is 11.7 Å². The van der Waals surface area contributed by atoms with E-state index >= 15 is 0 Å². The normalized spacial score (nSPS) is 17.6. The van der Waals surface area contributed by atoms with Crippen LogP contribution in [0.15, 0.2) is 42.5 Å². The van der Waals surface area contributed by atoms with Gasteiger partial charge in [-0.1, -0.05) is 18.2 Å². The lowest BCUT2D eigenvalue weighted by atomic mass is 9.98. The number of ether oxygens (including phenoxy) is 3. The molecule has 2 aliphatic heterocycles. The van der Waals surface area contributed by atoms with Crippen molar-refractivity contribution in [1.82, 2.24) is 4.90 Å². The monoisotopic (exact) mass is 381 g/mol. The SMILES string of the molecule is COc1cccc(C(=O)CCC(=O)N2CCC(c3ccc4c(c3)OCO4)C2)c1. The quantitative estimate of drug-likeness (QED) is 0.718. The first kappa shape index (κ1) is 18.3. The second-order valence-electron chi connectivity index (χ2n) is 7.09. The van der Waals surface area contributed by atoms with E-state index in [9.17, 15) is 9.59 Å². The zero-order valence-electron chi connectivity index (χ0n) is 15.8. The highest BCUT2D eigenvalue weighted by molar-refractivity contribution is 5.98. The van der Waals surface area contributed by atoms with E-state index in [0.29, 0.717) is 24.4 Å². The molecular formula is C22H23NO5. The lowest BCUT2D eigenvalue weighted by molar-refractivity contribution is -0.130. The number of methoxy groups -OCH3 is 1. The number of nitrogens with zero attached hydrogens (tertiary/aromatic N) is 1. The molecule has 0 saturated carbocycles. The summed E-state index contributed by atoms with van der Waals surface area (Å²) in [6.45, 7) is 1.65. The van der Waals surface area contributed by atoms with Crippen LogP contribution < -0.4 is 14.2 Å². The van der Waals surface area contributed by atoms with Crippen LogP contribution in [-0.2, 0) is 4.79 Å². The Morgan fingerprint density at radius 2 is 1.96 bits per heavy atom. The van der Waals surface area contributed by atoms with E-state index in [-0.39, 0.29) is 37.2 Å². The molecule has 0 bridgehead atoms. The minimum Gasteiger partial charge on any atom is -0.497 e. The first-order valence-corrected chi connectivity index (χ1v) is 9.48. The first-order valence-electron chi connectivity index (χ1n) is 9.48. The van der Waals surface area contributed by atoms with Gasteiger partial charge in [0, 0.05) is 37.4 Å². The number of Topliss-reactive ketones (excluding diaryl/α,β-unsaturated/α-hetero) is 1. The summed E-state index contributed by atoms with van der Waals surface area (Å²) in [5, 5.41) is 0. The van der Waals surface area contributed by atoms with Crippen LogP contribution in [0.2, 0.25) is 0 Å². The Hall–Kier alpha value is -3.02. The summed E-state index contributed by atoms with van der Waals surface area (Å²) in [6.07, 6.45) is 1.34. The summed E-state index contributed by atoms with van der Waals surface area (Å²) in [6, 6.07) is 13.0. The van der Waals surface area contributed by atoms with Gasteiger partial charge in [0.25, 0.3) is 0 Å². The molecule has 2 aromatic carbocycles. The molecule has 4 rings (SSSR count). The molecule has 146 valence electrons. The van der Waals surface area contributed by atoms with Crippen molar-refractivity contribution in [2.45, 2.75) is 25.2 Å². The van der Waals surface area contributed by atoms with E-state index < -0.39 is 0 Å². The number of likely N-dealkylation sites (tertiary alicyclic amines) is 1. The van der Waals surface area contributed by atoms with E-state index in [2.05, 4.69) is 0 Å². The van der Waals surface area contributed by atoms with Gasteiger partial charge in [0.1, 0.15) is 5.75 Å². The van der Waals surface area contributed by atoms with Crippen LogP contribution in [-0.4, -0.2) is 43.6 Å². The Morgan fingerprint density at radius 1 is 1.11 bits per heavy atom. The Balaban J connectivity index is 1.31. The van der Waals surface area contributed by atoms with Gasteiger partial charge in [0.2, 0.25) is 12.7 Å². The van der Waals surface area contributed by atoms with Crippen LogP contribution in [0.1, 0.15) is 41.1 Å². The maximum atomic E-state index is 12.6. The topological polar surface area (TPSA) is 65.1 Å². The fourth-order valence-electron chi connectivity index (χ4n) is 3.75. The van der Waals surface area contributed by atoms with Gasteiger partial charge in [-0.15, -0.1) is 0 Å². The number of rotatable bonds is 6. The van der Waals surface area contributed by atoms with Crippen molar-refractivity contribution < 1.29 is 23.8 Å². The van der Waals surface area contributed by atoms with Crippen LogP contribution in [0, 0.1) is 0 Å². The average Bonchev–Trinajstić information content (AvgIpc) is 3.40. The molecule has 1 unspecified atom stereocenters. The lowest BCUT2D eigenvalue weighted by Gasteiger charge is -2.17. The van der Waals surface area contributed by atoms with Crippen LogP contribution in [0.5, 0.6) is 17.2 Å². The zero-order chi connectivity index (χ0) is 19.5. The van der Waals surface area contributed by atoms with Crippen LogP contribution in [0.3, 0.4) is 0 Å². The fourth-order valence-corrected chi connectivity index (χ4v) is 3.75. The molecular weight excluding hydrogens is 358 g/mol. The minimum atomic E-state index is -0.0428. The number of hydrogen-bond acceptors (Lipinski definition) is 5. The zero-order valence-corrected chi connectivity index (χ0v) is 15.8. The largest absolute Gasteiger partial charge is 0.497 e. The molecule has 1 atom stereocenters. The smallest absolute Gasteiger partial charge is 0.231 e.